The van der Waals surface area contributed by atoms with Crippen LogP contribution in [0.3, 0.4) is 0 Å². The van der Waals surface area contributed by atoms with Crippen LogP contribution >= 0.6 is 0 Å². The Hall–Kier alpha value is -2.42. The molecule has 0 saturated heterocycles. The summed E-state index contributed by atoms with van der Waals surface area (Å²) in [6, 6.07) is 15.6. The Morgan fingerprint density at radius 1 is 0.900 bits per heavy atom. The highest BCUT2D eigenvalue weighted by atomic mass is 16.4. The lowest BCUT2D eigenvalue weighted by Crippen LogP contribution is -1.96. The van der Waals surface area contributed by atoms with Crippen molar-refractivity contribution < 1.29 is 10.0 Å². The van der Waals surface area contributed by atoms with Crippen molar-refractivity contribution in [3.63, 3.8) is 0 Å². The first kappa shape index (κ1) is 14.0. The minimum atomic E-state index is 0.0830. The molecule has 3 nitrogen and oxygen atoms in total. The zero-order valence-electron chi connectivity index (χ0n) is 11.6. The van der Waals surface area contributed by atoms with Crippen LogP contribution in [0.15, 0.2) is 53.7 Å². The molecule has 1 N–H and O–H groups in total. The number of rotatable bonds is 4. The first-order valence-corrected chi connectivity index (χ1v) is 6.48. The lowest BCUT2D eigenvalue weighted by Gasteiger charge is -2.05. The van der Waals surface area contributed by atoms with E-state index in [2.05, 4.69) is 5.16 Å². The fourth-order valence-corrected chi connectivity index (χ4v) is 2.01. The first-order chi connectivity index (χ1) is 9.60. The maximum absolute atomic E-state index is 11.2. The van der Waals surface area contributed by atoms with Gasteiger partial charge in [-0.2, -0.15) is 0 Å². The van der Waals surface area contributed by atoms with Crippen LogP contribution < -0.4 is 0 Å². The number of hydrogen-bond acceptors (Lipinski definition) is 3. The average Bonchev–Trinajstić information content (AvgIpc) is 2.48. The van der Waals surface area contributed by atoms with Crippen LogP contribution in [-0.4, -0.2) is 16.7 Å². The van der Waals surface area contributed by atoms with Crippen LogP contribution in [-0.2, 0) is 6.42 Å². The number of carbonyl (C=O) groups excluding carboxylic acids is 1. The van der Waals surface area contributed by atoms with Gasteiger partial charge in [0.05, 0.1) is 5.71 Å². The first-order valence-electron chi connectivity index (χ1n) is 6.48. The van der Waals surface area contributed by atoms with E-state index < -0.39 is 0 Å². The van der Waals surface area contributed by atoms with E-state index in [1.807, 2.05) is 48.5 Å². The van der Waals surface area contributed by atoms with E-state index in [-0.39, 0.29) is 5.78 Å². The van der Waals surface area contributed by atoms with Gasteiger partial charge in [-0.15, -0.1) is 0 Å². The maximum Gasteiger partial charge on any atom is 0.159 e. The van der Waals surface area contributed by atoms with E-state index >= 15 is 0 Å². The lowest BCUT2D eigenvalue weighted by atomic mass is 10.0. The molecule has 2 aromatic rings. The molecular formula is C17H17NO2. The van der Waals surface area contributed by atoms with E-state index in [0.29, 0.717) is 5.71 Å². The van der Waals surface area contributed by atoms with E-state index in [4.69, 9.17) is 5.21 Å². The van der Waals surface area contributed by atoms with Gasteiger partial charge >= 0.3 is 0 Å². The van der Waals surface area contributed by atoms with Crippen molar-refractivity contribution in [3.05, 3.63) is 70.8 Å². The fourth-order valence-electron chi connectivity index (χ4n) is 2.01. The van der Waals surface area contributed by atoms with Gasteiger partial charge in [0.2, 0.25) is 0 Å². The van der Waals surface area contributed by atoms with Gasteiger partial charge in [0.15, 0.2) is 5.78 Å². The zero-order valence-corrected chi connectivity index (χ0v) is 11.6. The van der Waals surface area contributed by atoms with Crippen molar-refractivity contribution in [2.45, 2.75) is 20.3 Å². The second-order valence-electron chi connectivity index (χ2n) is 4.81. The number of oxime groups is 1. The molecule has 0 bridgehead atoms. The number of nitrogens with zero attached hydrogens (tertiary/aromatic N) is 1. The van der Waals surface area contributed by atoms with E-state index in [1.165, 1.54) is 5.56 Å². The number of ketones is 1. The summed E-state index contributed by atoms with van der Waals surface area (Å²) in [6.07, 6.45) is 0.813. The molecule has 0 radical (unpaired) electrons. The molecule has 0 amide bonds. The van der Waals surface area contributed by atoms with Crippen LogP contribution in [0.5, 0.6) is 0 Å². The van der Waals surface area contributed by atoms with Gasteiger partial charge in [-0.25, -0.2) is 0 Å². The molecular weight excluding hydrogens is 250 g/mol. The summed E-state index contributed by atoms with van der Waals surface area (Å²) in [5.41, 5.74) is 4.58. The summed E-state index contributed by atoms with van der Waals surface area (Å²) in [7, 11) is 0. The van der Waals surface area contributed by atoms with E-state index in [9.17, 15) is 4.79 Å². The Balaban J connectivity index is 2.12. The summed E-state index contributed by atoms with van der Waals surface area (Å²) in [6.45, 7) is 3.33. The fraction of sp³-hybridized carbons (Fsp3) is 0.176. The predicted molar refractivity (Wildman–Crippen MR) is 79.7 cm³/mol. The highest BCUT2D eigenvalue weighted by Gasteiger charge is 2.02. The molecule has 20 heavy (non-hydrogen) atoms. The molecule has 0 aliphatic rings. The van der Waals surface area contributed by atoms with Gasteiger partial charge in [0.1, 0.15) is 0 Å². The largest absolute Gasteiger partial charge is 0.411 e. The zero-order chi connectivity index (χ0) is 14.5. The number of benzene rings is 2. The van der Waals surface area contributed by atoms with Gasteiger partial charge in [-0.1, -0.05) is 53.7 Å². The Morgan fingerprint density at radius 3 is 1.75 bits per heavy atom. The Morgan fingerprint density at radius 2 is 1.35 bits per heavy atom. The van der Waals surface area contributed by atoms with Gasteiger partial charge < -0.3 is 5.21 Å². The van der Waals surface area contributed by atoms with Crippen LogP contribution in [0.25, 0.3) is 0 Å². The topological polar surface area (TPSA) is 49.7 Å². The van der Waals surface area contributed by atoms with Gasteiger partial charge in [0, 0.05) is 5.56 Å². The molecule has 2 rings (SSSR count). The highest BCUT2D eigenvalue weighted by Crippen LogP contribution is 2.13. The summed E-state index contributed by atoms with van der Waals surface area (Å²) in [4.78, 5) is 11.2. The lowest BCUT2D eigenvalue weighted by molar-refractivity contribution is 0.101. The van der Waals surface area contributed by atoms with Crippen LogP contribution in [0.1, 0.15) is 40.9 Å². The van der Waals surface area contributed by atoms with E-state index in [1.54, 1.807) is 13.8 Å². The van der Waals surface area contributed by atoms with Crippen LogP contribution in [0.2, 0.25) is 0 Å². The van der Waals surface area contributed by atoms with Crippen molar-refractivity contribution >= 4 is 11.5 Å². The molecule has 0 atom stereocenters. The molecule has 2 aromatic carbocycles. The molecule has 0 heterocycles. The molecule has 0 unspecified atom stereocenters. The molecule has 0 fully saturated rings. The highest BCUT2D eigenvalue weighted by molar-refractivity contribution is 5.98. The third-order valence-electron chi connectivity index (χ3n) is 3.29. The smallest absolute Gasteiger partial charge is 0.159 e. The van der Waals surface area contributed by atoms with Crippen molar-refractivity contribution in [2.24, 2.45) is 5.16 Å². The molecule has 3 heteroatoms. The van der Waals surface area contributed by atoms with Crippen molar-refractivity contribution in [1.82, 2.24) is 0 Å². The van der Waals surface area contributed by atoms with Gasteiger partial charge in [0.25, 0.3) is 0 Å². The standard InChI is InChI=1S/C17H17NO2/c1-12(18-20)16-7-3-14(4-8-16)11-15-5-9-17(10-6-15)13(2)19/h3-10,20H,11H2,1-2H3/b18-12+. The number of Topliss-reactive ketones (excluding diaryl/α,β-unsaturated/α-hetero) is 1. The van der Waals surface area contributed by atoms with Crippen molar-refractivity contribution in [3.8, 4) is 0 Å². The Kier molecular flexibility index (Phi) is 4.31. The molecule has 0 aromatic heterocycles. The number of hydrogen-bond donors (Lipinski definition) is 1. The molecule has 0 spiro atoms. The molecule has 0 saturated carbocycles. The van der Waals surface area contributed by atoms with Crippen molar-refractivity contribution in [2.75, 3.05) is 0 Å². The second-order valence-corrected chi connectivity index (χ2v) is 4.81. The summed E-state index contributed by atoms with van der Waals surface area (Å²) < 4.78 is 0. The molecule has 0 aliphatic heterocycles. The third kappa shape index (κ3) is 3.32. The second kappa shape index (κ2) is 6.15. The quantitative estimate of drug-likeness (QED) is 0.397. The molecule has 0 aliphatic carbocycles. The van der Waals surface area contributed by atoms with Crippen LogP contribution in [0, 0.1) is 0 Å². The SMILES string of the molecule is CC(=O)c1ccc(Cc2ccc(/C(C)=N/O)cc2)cc1. The summed E-state index contributed by atoms with van der Waals surface area (Å²) >= 11 is 0. The summed E-state index contributed by atoms with van der Waals surface area (Å²) in [5, 5.41) is 11.9. The summed E-state index contributed by atoms with van der Waals surface area (Å²) in [5.74, 6) is 0.0830. The van der Waals surface area contributed by atoms with Crippen molar-refractivity contribution in [1.29, 1.82) is 0 Å². The monoisotopic (exact) mass is 267 g/mol. The maximum atomic E-state index is 11.2. The van der Waals surface area contributed by atoms with Crippen LogP contribution in [0.4, 0.5) is 0 Å². The minimum absolute atomic E-state index is 0.0830. The van der Waals surface area contributed by atoms with E-state index in [0.717, 1.165) is 23.1 Å². The third-order valence-corrected chi connectivity index (χ3v) is 3.29. The van der Waals surface area contributed by atoms with Gasteiger partial charge in [-0.05, 0) is 37.0 Å². The predicted octanol–water partition coefficient (Wildman–Crippen LogP) is 3.68. The van der Waals surface area contributed by atoms with Gasteiger partial charge in [-0.3, -0.25) is 4.79 Å². The number of carbonyl (C=O) groups is 1. The molecule has 102 valence electrons. The average molecular weight is 267 g/mol. The normalized spacial score (nSPS) is 11.4. The minimum Gasteiger partial charge on any atom is -0.411 e. The Bertz CT molecular complexity index is 625. The Labute approximate surface area is 118 Å².